The van der Waals surface area contributed by atoms with Crippen molar-refractivity contribution in [2.24, 2.45) is 0 Å². The molecule has 7 heteroatoms. The zero-order valence-corrected chi connectivity index (χ0v) is 18.5. The zero-order valence-electron chi connectivity index (χ0n) is 18.5. The Morgan fingerprint density at radius 3 is 2.53 bits per heavy atom. The molecule has 0 fully saturated rings. The summed E-state index contributed by atoms with van der Waals surface area (Å²) in [5, 5.41) is 13.6. The molecule has 2 N–H and O–H groups in total. The molecule has 3 aromatic heterocycles. The molecule has 0 amide bonds. The third-order valence-corrected chi connectivity index (χ3v) is 6.44. The van der Waals surface area contributed by atoms with Crippen LogP contribution in [0, 0.1) is 0 Å². The van der Waals surface area contributed by atoms with Crippen molar-refractivity contribution in [3.8, 4) is 22.4 Å². The van der Waals surface area contributed by atoms with Gasteiger partial charge in [0.25, 0.3) is 5.56 Å². The summed E-state index contributed by atoms with van der Waals surface area (Å²) in [4.78, 5) is 27.4. The van der Waals surface area contributed by atoms with Crippen LogP contribution in [0.3, 0.4) is 0 Å². The number of nitrogens with zero attached hydrogens (tertiary/aromatic N) is 4. The number of fused-ring (bicyclic) bond motifs is 2. The first-order valence-electron chi connectivity index (χ1n) is 11.5. The molecule has 7 nitrogen and oxygen atoms in total. The number of H-pyrrole nitrogens is 1. The van der Waals surface area contributed by atoms with Crippen LogP contribution in [0.2, 0.25) is 0 Å². The highest BCUT2D eigenvalue weighted by Gasteiger charge is 2.24. The molecule has 1 aliphatic rings. The van der Waals surface area contributed by atoms with E-state index in [-0.39, 0.29) is 12.2 Å². The zero-order chi connectivity index (χ0) is 23.1. The Hall–Kier alpha value is -4.10. The Kier molecular flexibility index (Phi) is 5.04. The summed E-state index contributed by atoms with van der Waals surface area (Å²) in [7, 11) is 0. The van der Waals surface area contributed by atoms with Gasteiger partial charge in [0.05, 0.1) is 34.6 Å². The standard InChI is InChI=1S/C27H23N5O2/c33-16-22-23(19-11-12-20-21(15-19)29-14-13-28-20)27(34)32-26(30-22)24(17-7-3-1-4-8-17)25(31-32)18-9-5-2-6-10-18/h2,5-7,9-15,31,33H,1,3-4,8,16H2. The van der Waals surface area contributed by atoms with Gasteiger partial charge in [-0.2, -0.15) is 4.52 Å². The van der Waals surface area contributed by atoms with Crippen molar-refractivity contribution in [3.63, 3.8) is 0 Å². The molecule has 0 bridgehead atoms. The molecular weight excluding hydrogens is 426 g/mol. The Morgan fingerprint density at radius 1 is 0.941 bits per heavy atom. The van der Waals surface area contributed by atoms with Crippen molar-refractivity contribution >= 4 is 22.3 Å². The summed E-state index contributed by atoms with van der Waals surface area (Å²) in [6.45, 7) is -0.343. The lowest BCUT2D eigenvalue weighted by atomic mass is 9.92. The van der Waals surface area contributed by atoms with Gasteiger partial charge in [0, 0.05) is 23.5 Å². The quantitative estimate of drug-likeness (QED) is 0.413. The molecule has 1 aliphatic carbocycles. The molecule has 0 unspecified atom stereocenters. The summed E-state index contributed by atoms with van der Waals surface area (Å²) < 4.78 is 1.52. The smallest absolute Gasteiger partial charge is 0.280 e. The molecule has 0 saturated heterocycles. The van der Waals surface area contributed by atoms with Gasteiger partial charge in [-0.25, -0.2) is 4.98 Å². The van der Waals surface area contributed by atoms with E-state index in [1.165, 1.54) is 10.1 Å². The number of allylic oxidation sites excluding steroid dienone is 2. The van der Waals surface area contributed by atoms with Crippen LogP contribution in [0.15, 0.2) is 71.8 Å². The topological polar surface area (TPSA) is 96.2 Å². The summed E-state index contributed by atoms with van der Waals surface area (Å²) in [6, 6.07) is 15.5. The van der Waals surface area contributed by atoms with Crippen molar-refractivity contribution in [1.29, 1.82) is 0 Å². The first-order valence-corrected chi connectivity index (χ1v) is 11.5. The van der Waals surface area contributed by atoms with Gasteiger partial charge >= 0.3 is 0 Å². The number of aromatic nitrogens is 5. The van der Waals surface area contributed by atoms with Crippen molar-refractivity contribution < 1.29 is 5.11 Å². The third-order valence-electron chi connectivity index (χ3n) is 6.44. The van der Waals surface area contributed by atoms with E-state index < -0.39 is 0 Å². The fraction of sp³-hybridized carbons (Fsp3) is 0.185. The highest BCUT2D eigenvalue weighted by molar-refractivity contribution is 5.88. The SMILES string of the molecule is O=c1c(-c2ccc3nccnc3c2)c(CO)nc2c(C3=CCCCC3)c(-c3ccccc3)[nH]n12. The van der Waals surface area contributed by atoms with Gasteiger partial charge in [-0.15, -0.1) is 0 Å². The van der Waals surface area contributed by atoms with Gasteiger partial charge in [0.15, 0.2) is 5.65 Å². The largest absolute Gasteiger partial charge is 0.390 e. The van der Waals surface area contributed by atoms with Crippen LogP contribution in [0.5, 0.6) is 0 Å². The van der Waals surface area contributed by atoms with Crippen LogP contribution >= 0.6 is 0 Å². The molecule has 5 aromatic rings. The van der Waals surface area contributed by atoms with E-state index in [4.69, 9.17) is 4.98 Å². The van der Waals surface area contributed by atoms with Gasteiger partial charge in [-0.3, -0.25) is 19.9 Å². The summed E-state index contributed by atoms with van der Waals surface area (Å²) in [5.41, 5.74) is 7.05. The van der Waals surface area contributed by atoms with Crippen LogP contribution in [0.1, 0.15) is 36.9 Å². The van der Waals surface area contributed by atoms with Crippen molar-refractivity contribution in [2.75, 3.05) is 0 Å². The Bertz CT molecular complexity index is 1620. The van der Waals surface area contributed by atoms with Crippen LogP contribution < -0.4 is 5.56 Å². The lowest BCUT2D eigenvalue weighted by molar-refractivity contribution is 0.277. The van der Waals surface area contributed by atoms with Crippen molar-refractivity contribution in [3.05, 3.63) is 88.6 Å². The fourth-order valence-electron chi connectivity index (χ4n) is 4.82. The second kappa shape index (κ2) is 8.35. The maximum absolute atomic E-state index is 13.8. The van der Waals surface area contributed by atoms with Crippen LogP contribution in [-0.2, 0) is 6.61 Å². The minimum atomic E-state index is -0.343. The third kappa shape index (κ3) is 3.33. The number of aliphatic hydroxyl groups is 1. The molecule has 6 rings (SSSR count). The molecular formula is C27H23N5O2. The monoisotopic (exact) mass is 449 g/mol. The van der Waals surface area contributed by atoms with E-state index in [1.54, 1.807) is 12.4 Å². The second-order valence-electron chi connectivity index (χ2n) is 8.52. The van der Waals surface area contributed by atoms with Crippen LogP contribution in [0.25, 0.3) is 44.6 Å². The number of hydrogen-bond acceptors (Lipinski definition) is 5. The number of nitrogens with one attached hydrogen (secondary N) is 1. The number of benzene rings is 2. The van der Waals surface area contributed by atoms with E-state index in [1.807, 2.05) is 48.5 Å². The van der Waals surface area contributed by atoms with Crippen LogP contribution in [-0.4, -0.2) is 29.7 Å². The fourth-order valence-corrected chi connectivity index (χ4v) is 4.82. The second-order valence-corrected chi connectivity index (χ2v) is 8.52. The van der Waals surface area contributed by atoms with Crippen molar-refractivity contribution in [2.45, 2.75) is 32.3 Å². The van der Waals surface area contributed by atoms with E-state index in [0.717, 1.165) is 48.0 Å². The van der Waals surface area contributed by atoms with E-state index in [0.29, 0.717) is 28.0 Å². The first-order chi connectivity index (χ1) is 16.7. The normalized spacial score (nSPS) is 14.0. The molecule has 2 aromatic carbocycles. The van der Waals surface area contributed by atoms with Gasteiger partial charge < -0.3 is 5.11 Å². The van der Waals surface area contributed by atoms with Gasteiger partial charge in [-0.1, -0.05) is 42.5 Å². The predicted molar refractivity (Wildman–Crippen MR) is 132 cm³/mol. The number of rotatable bonds is 4. The highest BCUT2D eigenvalue weighted by atomic mass is 16.3. The molecule has 0 atom stereocenters. The molecule has 168 valence electrons. The molecule has 0 radical (unpaired) electrons. The van der Waals surface area contributed by atoms with Crippen LogP contribution in [0.4, 0.5) is 0 Å². The van der Waals surface area contributed by atoms with Gasteiger partial charge in [0.1, 0.15) is 0 Å². The van der Waals surface area contributed by atoms with Gasteiger partial charge in [-0.05, 0) is 49.0 Å². The summed E-state index contributed by atoms with van der Waals surface area (Å²) >= 11 is 0. The maximum Gasteiger partial charge on any atom is 0.280 e. The van der Waals surface area contributed by atoms with Gasteiger partial charge in [0.2, 0.25) is 0 Å². The molecule has 0 spiro atoms. The summed E-state index contributed by atoms with van der Waals surface area (Å²) in [6.07, 6.45) is 9.71. The average Bonchev–Trinajstić information content (AvgIpc) is 3.29. The molecule has 0 aliphatic heterocycles. The van der Waals surface area contributed by atoms with Crippen molar-refractivity contribution in [1.82, 2.24) is 24.6 Å². The Morgan fingerprint density at radius 2 is 1.76 bits per heavy atom. The predicted octanol–water partition coefficient (Wildman–Crippen LogP) is 4.75. The Labute approximate surface area is 195 Å². The lowest BCUT2D eigenvalue weighted by Crippen LogP contribution is -2.20. The molecule has 0 saturated carbocycles. The minimum Gasteiger partial charge on any atom is -0.390 e. The average molecular weight is 450 g/mol. The van der Waals surface area contributed by atoms with E-state index >= 15 is 0 Å². The number of hydrogen-bond donors (Lipinski definition) is 2. The van der Waals surface area contributed by atoms with E-state index in [2.05, 4.69) is 21.1 Å². The Balaban J connectivity index is 1.65. The number of aromatic amines is 1. The molecule has 3 heterocycles. The first kappa shape index (κ1) is 20.5. The molecule has 34 heavy (non-hydrogen) atoms. The number of aliphatic hydroxyl groups excluding tert-OH is 1. The lowest BCUT2D eigenvalue weighted by Gasteiger charge is -2.14. The summed E-state index contributed by atoms with van der Waals surface area (Å²) in [5.74, 6) is 0. The minimum absolute atomic E-state index is 0.253. The maximum atomic E-state index is 13.8. The highest BCUT2D eigenvalue weighted by Crippen LogP contribution is 2.36. The van der Waals surface area contributed by atoms with E-state index in [9.17, 15) is 9.90 Å².